The van der Waals surface area contributed by atoms with E-state index in [-0.39, 0.29) is 35.0 Å². The van der Waals surface area contributed by atoms with E-state index in [1.54, 1.807) is 28.1 Å². The molecule has 4 amide bonds. The van der Waals surface area contributed by atoms with Gasteiger partial charge in [-0.3, -0.25) is 9.59 Å². The average Bonchev–Trinajstić information content (AvgIpc) is 4.05. The average molecular weight is 845 g/mol. The van der Waals surface area contributed by atoms with Crippen molar-refractivity contribution in [3.05, 3.63) is 95.1 Å². The maximum atomic E-state index is 14.0. The number of H-pyrrole nitrogens is 1. The lowest BCUT2D eigenvalue weighted by atomic mass is 9.82. The summed E-state index contributed by atoms with van der Waals surface area (Å²) in [7, 11) is 2.52. The number of imidazole rings is 1. The normalized spacial score (nSPS) is 18.7. The number of rotatable bonds is 11. The Balaban J connectivity index is 1.46. The Morgan fingerprint density at radius 1 is 0.919 bits per heavy atom. The summed E-state index contributed by atoms with van der Waals surface area (Å²) >= 11 is 0. The van der Waals surface area contributed by atoms with E-state index in [2.05, 4.69) is 77.2 Å². The van der Waals surface area contributed by atoms with E-state index in [0.717, 1.165) is 23.1 Å². The number of hydrogen-bond acceptors (Lipinski definition) is 8. The molecule has 2 saturated heterocycles. The number of benzene rings is 2. The fourth-order valence-electron chi connectivity index (χ4n) is 8.00. The van der Waals surface area contributed by atoms with E-state index in [4.69, 9.17) is 20.2 Å². The number of hydrogen-bond donors (Lipinski definition) is 4. The van der Waals surface area contributed by atoms with Crippen molar-refractivity contribution in [2.45, 2.75) is 109 Å². The van der Waals surface area contributed by atoms with E-state index in [1.165, 1.54) is 14.2 Å². The molecule has 1 unspecified atom stereocenters. The van der Waals surface area contributed by atoms with Crippen LogP contribution in [0.1, 0.15) is 114 Å². The first kappa shape index (κ1) is 46.5. The van der Waals surface area contributed by atoms with Crippen molar-refractivity contribution >= 4 is 35.4 Å². The van der Waals surface area contributed by atoms with Crippen LogP contribution in [0.2, 0.25) is 0 Å². The maximum absolute atomic E-state index is 14.0. The minimum absolute atomic E-state index is 0.115. The predicted molar refractivity (Wildman–Crippen MR) is 239 cm³/mol. The van der Waals surface area contributed by atoms with Gasteiger partial charge in [-0.05, 0) is 90.9 Å². The smallest absolute Gasteiger partial charge is 0.407 e. The number of aromatic amines is 1. The molecule has 5 rings (SSSR count). The Labute approximate surface area is 365 Å². The van der Waals surface area contributed by atoms with Gasteiger partial charge in [-0.1, -0.05) is 101 Å². The molecule has 3 heterocycles. The molecule has 3 aromatic rings. The van der Waals surface area contributed by atoms with Crippen molar-refractivity contribution in [3.63, 3.8) is 0 Å². The predicted octanol–water partition coefficient (Wildman–Crippen LogP) is 6.41. The van der Waals surface area contributed by atoms with Gasteiger partial charge in [-0.2, -0.15) is 0 Å². The van der Waals surface area contributed by atoms with Gasteiger partial charge in [0.15, 0.2) is 0 Å². The third-order valence-corrected chi connectivity index (χ3v) is 11.3. The van der Waals surface area contributed by atoms with Crippen molar-refractivity contribution in [1.29, 1.82) is 0 Å². The van der Waals surface area contributed by atoms with Crippen LogP contribution in [0.5, 0.6) is 0 Å². The molecule has 328 valence electrons. The minimum atomic E-state index is -1.19. The number of carbonyl (C=O) groups excluding carboxylic acids is 4. The number of likely N-dealkylation sites (tertiary alicyclic amines) is 2. The molecule has 14 heteroatoms. The van der Waals surface area contributed by atoms with Crippen LogP contribution < -0.4 is 16.4 Å². The lowest BCUT2D eigenvalue weighted by Crippen LogP contribution is -2.55. The zero-order valence-electron chi connectivity index (χ0n) is 37.3. The number of alkyl carbamates (subject to hydrolysis) is 2. The number of nitrogens with two attached hydrogens (primary N) is 1. The summed E-state index contributed by atoms with van der Waals surface area (Å²) in [5.74, 6) is 12.5. The Kier molecular flexibility index (Phi) is 15.3. The highest BCUT2D eigenvalue weighted by atomic mass is 16.5. The van der Waals surface area contributed by atoms with Crippen LogP contribution in [-0.4, -0.2) is 94.5 Å². The van der Waals surface area contributed by atoms with Gasteiger partial charge < -0.3 is 40.6 Å². The van der Waals surface area contributed by atoms with Crippen LogP contribution in [0.4, 0.5) is 9.59 Å². The standard InChI is InChI=1S/C48H60N8O6/c1-10-36(33-21-16-22-34(29-33)47(4,5)6)48(7,54-41(49)37-24-17-27-55(37)43(57)39(31(2)3)52-45(59)61-8)26-15-14-23-35-30-50-42(51-35)38-25-18-28-56(38)44(58)40(53-46(60)62-9)32-19-12-11-13-20-32/h10-13,16,19-22,29-31,37-40H,17-18,24-25,27-28H2,1-9H3,(H2,49,54)(H,50,51)(H,52,59)(H,53,60)/b36-10-/t37-,38-,39-,40+,48?/m0/s1. The molecule has 2 aliphatic heterocycles. The number of aliphatic imine (C=N–C) groups is 1. The summed E-state index contributed by atoms with van der Waals surface area (Å²) in [6.07, 6.45) is 4.95. The number of carbonyl (C=O) groups is 4. The van der Waals surface area contributed by atoms with Gasteiger partial charge in [-0.15, -0.1) is 0 Å². The molecule has 2 fully saturated rings. The molecule has 0 bridgehead atoms. The number of amidine groups is 1. The maximum Gasteiger partial charge on any atom is 0.407 e. The fraction of sp³-hybridized carbons (Fsp3) is 0.458. The summed E-state index contributed by atoms with van der Waals surface area (Å²) < 4.78 is 9.63. The van der Waals surface area contributed by atoms with E-state index in [9.17, 15) is 19.2 Å². The third-order valence-electron chi connectivity index (χ3n) is 11.3. The summed E-state index contributed by atoms with van der Waals surface area (Å²) in [5.41, 5.74) is 9.60. The molecule has 2 aromatic carbocycles. The minimum Gasteiger partial charge on any atom is -0.453 e. The Bertz CT molecular complexity index is 2290. The second-order valence-electron chi connectivity index (χ2n) is 17.0. The Morgan fingerprint density at radius 2 is 1.60 bits per heavy atom. The highest BCUT2D eigenvalue weighted by Crippen LogP contribution is 2.35. The van der Waals surface area contributed by atoms with Crippen LogP contribution in [0, 0.1) is 29.6 Å². The Hall–Kier alpha value is -6.54. The van der Waals surface area contributed by atoms with Gasteiger partial charge >= 0.3 is 12.2 Å². The molecule has 1 aromatic heterocycles. The van der Waals surface area contributed by atoms with Crippen LogP contribution in [-0.2, 0) is 24.5 Å². The number of allylic oxidation sites excluding steroid dienone is 1. The second kappa shape index (κ2) is 20.3. The van der Waals surface area contributed by atoms with Gasteiger partial charge in [0.25, 0.3) is 5.91 Å². The first-order chi connectivity index (χ1) is 29.5. The molecule has 0 saturated carbocycles. The largest absolute Gasteiger partial charge is 0.453 e. The van der Waals surface area contributed by atoms with Gasteiger partial charge in [0.1, 0.15) is 35.0 Å². The molecule has 0 spiro atoms. The second-order valence-corrected chi connectivity index (χ2v) is 17.0. The van der Waals surface area contributed by atoms with Crippen molar-refractivity contribution in [2.75, 3.05) is 27.3 Å². The SMILES string of the molecule is C/C=C(/c1cccc(C(C)(C)C)c1)C(C)(C#CC#Cc1cnc([C@@H]2CCCN2C(=O)[C@H](NC(=O)OC)c2ccccc2)[nH]1)/N=C(\N)[C@@H]1CCCN1C(=O)[C@@H](NC(=O)OC)C(C)C. The highest BCUT2D eigenvalue weighted by Gasteiger charge is 2.40. The van der Waals surface area contributed by atoms with Crippen molar-refractivity contribution in [2.24, 2.45) is 16.6 Å². The van der Waals surface area contributed by atoms with E-state index in [0.29, 0.717) is 49.4 Å². The molecule has 62 heavy (non-hydrogen) atoms. The molecule has 0 aliphatic carbocycles. The molecule has 5 atom stereocenters. The lowest BCUT2D eigenvalue weighted by molar-refractivity contribution is -0.135. The summed E-state index contributed by atoms with van der Waals surface area (Å²) in [5, 5.41) is 5.37. The summed E-state index contributed by atoms with van der Waals surface area (Å²) in [4.78, 5) is 68.7. The Morgan fingerprint density at radius 3 is 2.26 bits per heavy atom. The molecular weight excluding hydrogens is 785 g/mol. The number of aromatic nitrogens is 2. The van der Waals surface area contributed by atoms with Crippen LogP contribution in [0.25, 0.3) is 5.57 Å². The number of nitrogens with one attached hydrogen (secondary N) is 3. The zero-order valence-corrected chi connectivity index (χ0v) is 37.3. The van der Waals surface area contributed by atoms with E-state index >= 15 is 0 Å². The van der Waals surface area contributed by atoms with Gasteiger partial charge in [0, 0.05) is 13.1 Å². The number of methoxy groups -OCH3 is 2. The molecule has 14 nitrogen and oxygen atoms in total. The quantitative estimate of drug-likeness (QED) is 0.0969. The van der Waals surface area contributed by atoms with Crippen molar-refractivity contribution in [3.8, 4) is 23.7 Å². The molecular formula is C48H60N8O6. The summed E-state index contributed by atoms with van der Waals surface area (Å²) in [6.45, 7) is 15.0. The van der Waals surface area contributed by atoms with Crippen molar-refractivity contribution < 1.29 is 28.7 Å². The van der Waals surface area contributed by atoms with Crippen molar-refractivity contribution in [1.82, 2.24) is 30.4 Å². The first-order valence-electron chi connectivity index (χ1n) is 21.1. The topological polar surface area (TPSA) is 184 Å². The van der Waals surface area contributed by atoms with E-state index < -0.39 is 35.9 Å². The van der Waals surface area contributed by atoms with Crippen LogP contribution in [0.15, 0.2) is 71.9 Å². The number of amides is 4. The molecule has 5 N–H and O–H groups in total. The zero-order chi connectivity index (χ0) is 45.2. The lowest BCUT2D eigenvalue weighted by Gasteiger charge is -2.32. The number of nitrogens with zero attached hydrogens (tertiary/aromatic N) is 4. The highest BCUT2D eigenvalue weighted by molar-refractivity contribution is 5.95. The fourth-order valence-corrected chi connectivity index (χ4v) is 8.00. The van der Waals surface area contributed by atoms with E-state index in [1.807, 2.05) is 64.1 Å². The van der Waals surface area contributed by atoms with Gasteiger partial charge in [-0.25, -0.2) is 19.6 Å². The number of ether oxygens (including phenoxy) is 2. The van der Waals surface area contributed by atoms with Gasteiger partial charge in [0.05, 0.1) is 32.5 Å². The van der Waals surface area contributed by atoms with Crippen LogP contribution in [0.3, 0.4) is 0 Å². The third kappa shape index (κ3) is 11.0. The monoisotopic (exact) mass is 844 g/mol. The first-order valence-corrected chi connectivity index (χ1v) is 21.1. The van der Waals surface area contributed by atoms with Gasteiger partial charge in [0.2, 0.25) is 5.91 Å². The summed E-state index contributed by atoms with van der Waals surface area (Å²) in [6, 6.07) is 14.7. The van der Waals surface area contributed by atoms with Crippen LogP contribution >= 0.6 is 0 Å². The molecule has 0 radical (unpaired) electrons. The molecule has 2 aliphatic rings.